The van der Waals surface area contributed by atoms with Crippen LogP contribution in [0.15, 0.2) is 82.2 Å². The van der Waals surface area contributed by atoms with Crippen molar-refractivity contribution in [2.75, 3.05) is 5.01 Å². The van der Waals surface area contributed by atoms with Gasteiger partial charge in [-0.25, -0.2) is 10.0 Å². The number of aromatic hydroxyl groups is 1. The molecule has 1 atom stereocenters. The van der Waals surface area contributed by atoms with Gasteiger partial charge < -0.3 is 5.11 Å². The number of aromatic nitrogens is 1. The van der Waals surface area contributed by atoms with Crippen molar-refractivity contribution in [1.82, 2.24) is 4.98 Å². The summed E-state index contributed by atoms with van der Waals surface area (Å²) in [7, 11) is 0. The van der Waals surface area contributed by atoms with Gasteiger partial charge in [-0.2, -0.15) is 10.1 Å². The van der Waals surface area contributed by atoms with Crippen LogP contribution < -0.4 is 15.6 Å². The Labute approximate surface area is 191 Å². The van der Waals surface area contributed by atoms with Gasteiger partial charge in [-0.05, 0) is 23.1 Å². The number of fused-ring (bicyclic) bond motifs is 1. The molecule has 0 saturated heterocycles. The molecule has 6 nitrogen and oxygen atoms in total. The number of hydrogen-bond donors (Lipinski definition) is 1. The Bertz CT molecular complexity index is 1490. The van der Waals surface area contributed by atoms with Crippen molar-refractivity contribution >= 4 is 45.0 Å². The number of anilines is 1. The summed E-state index contributed by atoms with van der Waals surface area (Å²) in [5.41, 5.74) is 2.41. The Balaban J connectivity index is 1.47. The van der Waals surface area contributed by atoms with E-state index in [2.05, 4.69) is 16.0 Å². The Hall–Kier alpha value is -3.62. The van der Waals surface area contributed by atoms with Gasteiger partial charge in [0.2, 0.25) is 11.0 Å². The van der Waals surface area contributed by atoms with Gasteiger partial charge in [0.1, 0.15) is 4.88 Å². The summed E-state index contributed by atoms with van der Waals surface area (Å²) in [6.45, 7) is 0. The topological polar surface area (TPSA) is 78.2 Å². The number of hydrazone groups is 1. The lowest BCUT2D eigenvalue weighted by Crippen LogP contribution is -2.22. The van der Waals surface area contributed by atoms with Crippen LogP contribution in [0.25, 0.3) is 5.57 Å². The summed E-state index contributed by atoms with van der Waals surface area (Å²) >= 11 is 2.93. The number of thiophene rings is 1. The minimum atomic E-state index is -0.360. The Morgan fingerprint density at radius 1 is 1.00 bits per heavy atom. The summed E-state index contributed by atoms with van der Waals surface area (Å²) < 4.78 is 0. The van der Waals surface area contributed by atoms with Crippen LogP contribution in [0.4, 0.5) is 5.13 Å². The smallest absolute Gasteiger partial charge is 0.279 e. The lowest BCUT2D eigenvalue weighted by atomic mass is 10.0. The molecule has 1 N–H and O–H groups in total. The number of hydrogen-bond acceptors (Lipinski definition) is 7. The van der Waals surface area contributed by atoms with Crippen molar-refractivity contribution in [3.8, 4) is 5.88 Å². The first-order chi connectivity index (χ1) is 15.7. The molecular formula is C24H16N4O2S2. The van der Waals surface area contributed by atoms with Crippen LogP contribution in [0.3, 0.4) is 0 Å². The van der Waals surface area contributed by atoms with Gasteiger partial charge in [0, 0.05) is 16.5 Å². The van der Waals surface area contributed by atoms with Crippen LogP contribution in [-0.4, -0.2) is 21.7 Å². The van der Waals surface area contributed by atoms with Crippen molar-refractivity contribution in [2.24, 2.45) is 10.1 Å². The fourth-order valence-electron chi connectivity index (χ4n) is 4.04. The predicted molar refractivity (Wildman–Crippen MR) is 126 cm³/mol. The second-order valence-corrected chi connectivity index (χ2v) is 9.41. The average Bonchev–Trinajstić information content (AvgIpc) is 3.59. The summed E-state index contributed by atoms with van der Waals surface area (Å²) in [5, 5.41) is 21.4. The van der Waals surface area contributed by atoms with E-state index in [4.69, 9.17) is 5.10 Å². The molecule has 2 aliphatic heterocycles. The maximum absolute atomic E-state index is 12.6. The first kappa shape index (κ1) is 19.1. The van der Waals surface area contributed by atoms with Crippen molar-refractivity contribution in [3.63, 3.8) is 0 Å². The van der Waals surface area contributed by atoms with E-state index in [9.17, 15) is 9.90 Å². The molecule has 0 radical (unpaired) electrons. The van der Waals surface area contributed by atoms with E-state index in [1.54, 1.807) is 17.4 Å². The second kappa shape index (κ2) is 7.51. The first-order valence-electron chi connectivity index (χ1n) is 10.1. The standard InChI is InChI=1S/C24H16N4O2S2/c29-22-20(15-9-4-5-10-16(15)25-22)21-23(30)26-24(32-21)28-18(19-11-6-12-31-19)13-17(27-28)14-7-2-1-3-8-14/h1-12,18,30H,13H2. The van der Waals surface area contributed by atoms with Crippen LogP contribution in [0, 0.1) is 0 Å². The van der Waals surface area contributed by atoms with Crippen molar-refractivity contribution in [1.29, 1.82) is 0 Å². The number of benzene rings is 2. The molecule has 0 bridgehead atoms. The number of carbonyl (C=O) groups is 1. The molecule has 4 heterocycles. The third-order valence-corrected chi connectivity index (χ3v) is 7.54. The zero-order chi connectivity index (χ0) is 21.7. The monoisotopic (exact) mass is 456 g/mol. The molecule has 0 aliphatic carbocycles. The highest BCUT2D eigenvalue weighted by atomic mass is 32.1. The van der Waals surface area contributed by atoms with Gasteiger partial charge in [-0.3, -0.25) is 4.79 Å². The van der Waals surface area contributed by atoms with Crippen molar-refractivity contribution in [2.45, 2.75) is 12.5 Å². The third kappa shape index (κ3) is 3.07. The minimum Gasteiger partial charge on any atom is -0.492 e. The number of amides is 1. The van der Waals surface area contributed by atoms with E-state index < -0.39 is 0 Å². The van der Waals surface area contributed by atoms with Gasteiger partial charge in [-0.1, -0.05) is 65.9 Å². The fourth-order valence-corrected chi connectivity index (χ4v) is 5.86. The minimum absolute atomic E-state index is 0.0233. The molecule has 2 aromatic carbocycles. The fraction of sp³-hybridized carbons (Fsp3) is 0.0833. The molecule has 0 spiro atoms. The number of rotatable bonds is 4. The average molecular weight is 457 g/mol. The molecule has 0 fully saturated rings. The van der Waals surface area contributed by atoms with E-state index in [1.807, 2.05) is 65.0 Å². The van der Waals surface area contributed by atoms with Gasteiger partial charge >= 0.3 is 0 Å². The maximum Gasteiger partial charge on any atom is 0.279 e. The van der Waals surface area contributed by atoms with Gasteiger partial charge in [0.15, 0.2) is 0 Å². The van der Waals surface area contributed by atoms with Crippen LogP contribution in [-0.2, 0) is 4.79 Å². The quantitative estimate of drug-likeness (QED) is 0.509. The summed E-state index contributed by atoms with van der Waals surface area (Å²) in [4.78, 5) is 22.8. The largest absolute Gasteiger partial charge is 0.492 e. The number of para-hydroxylation sites is 1. The predicted octanol–water partition coefficient (Wildman–Crippen LogP) is 3.62. The number of thiazole rings is 1. The molecule has 1 amide bonds. The molecule has 0 saturated carbocycles. The van der Waals surface area contributed by atoms with Gasteiger partial charge in [0.25, 0.3) is 5.91 Å². The van der Waals surface area contributed by atoms with E-state index >= 15 is 0 Å². The van der Waals surface area contributed by atoms with E-state index in [0.717, 1.165) is 17.7 Å². The van der Waals surface area contributed by atoms with E-state index in [-0.39, 0.29) is 17.8 Å². The zero-order valence-electron chi connectivity index (χ0n) is 16.7. The highest BCUT2D eigenvalue weighted by Crippen LogP contribution is 2.43. The Kier molecular flexibility index (Phi) is 4.48. The molecule has 8 heteroatoms. The van der Waals surface area contributed by atoms with Crippen molar-refractivity contribution in [3.05, 3.63) is 98.0 Å². The first-order valence-corrected chi connectivity index (χ1v) is 11.8. The van der Waals surface area contributed by atoms with Crippen LogP contribution in [0.2, 0.25) is 0 Å². The van der Waals surface area contributed by atoms with E-state index in [0.29, 0.717) is 26.2 Å². The summed E-state index contributed by atoms with van der Waals surface area (Å²) in [6.07, 6.45) is 0.730. The van der Waals surface area contributed by atoms with Crippen LogP contribution in [0.5, 0.6) is 5.88 Å². The molecule has 1 unspecified atom stereocenters. The molecule has 156 valence electrons. The van der Waals surface area contributed by atoms with Gasteiger partial charge in [0.05, 0.1) is 22.7 Å². The third-order valence-electron chi connectivity index (χ3n) is 5.52. The lowest BCUT2D eigenvalue weighted by Gasteiger charge is -2.19. The lowest BCUT2D eigenvalue weighted by molar-refractivity contribution is -0.112. The number of nitrogens with zero attached hydrogens (tertiary/aromatic N) is 4. The van der Waals surface area contributed by atoms with E-state index in [1.165, 1.54) is 16.2 Å². The highest BCUT2D eigenvalue weighted by molar-refractivity contribution is 7.17. The molecule has 2 aromatic heterocycles. The summed E-state index contributed by atoms with van der Waals surface area (Å²) in [6, 6.07) is 21.5. The SMILES string of the molecule is O=C1N=c2ccccc2=C1c1sc(N2N=C(c3ccccc3)CC2c2cccs2)nc1O. The zero-order valence-corrected chi connectivity index (χ0v) is 18.3. The summed E-state index contributed by atoms with van der Waals surface area (Å²) in [5.74, 6) is -0.532. The Morgan fingerprint density at radius 2 is 1.81 bits per heavy atom. The van der Waals surface area contributed by atoms with Crippen LogP contribution >= 0.6 is 22.7 Å². The normalized spacial score (nSPS) is 17.4. The second-order valence-electron chi connectivity index (χ2n) is 7.45. The maximum atomic E-state index is 12.6. The highest BCUT2D eigenvalue weighted by Gasteiger charge is 2.34. The molecular weight excluding hydrogens is 440 g/mol. The van der Waals surface area contributed by atoms with Crippen LogP contribution in [0.1, 0.15) is 27.8 Å². The molecule has 4 aromatic rings. The molecule has 6 rings (SSSR count). The number of carbonyl (C=O) groups excluding carboxylic acids is 1. The molecule has 2 aliphatic rings. The van der Waals surface area contributed by atoms with Gasteiger partial charge in [-0.15, -0.1) is 11.3 Å². The molecule has 32 heavy (non-hydrogen) atoms. The van der Waals surface area contributed by atoms with Crippen molar-refractivity contribution < 1.29 is 9.90 Å². The Morgan fingerprint density at radius 3 is 2.62 bits per heavy atom.